The van der Waals surface area contributed by atoms with Crippen LogP contribution in [0, 0.1) is 6.92 Å². The minimum Gasteiger partial charge on any atom is -0.406 e. The number of carbonyl (C=O) groups is 1. The minimum atomic E-state index is -4.42. The predicted molar refractivity (Wildman–Crippen MR) is 103 cm³/mol. The van der Waals surface area contributed by atoms with Crippen LogP contribution in [0.2, 0.25) is 0 Å². The van der Waals surface area contributed by atoms with Crippen molar-refractivity contribution in [1.29, 1.82) is 0 Å². The van der Waals surface area contributed by atoms with E-state index in [0.29, 0.717) is 17.0 Å². The molecule has 31 heavy (non-hydrogen) atoms. The molecule has 1 N–H and O–H groups in total. The fraction of sp³-hybridized carbons (Fsp3) is 0.158. The number of nitrogens with zero attached hydrogens (tertiary/aromatic N) is 6. The normalized spacial score (nSPS) is 11.5. The molecular formula is C19H14F3N7O2. The third-order valence-electron chi connectivity index (χ3n) is 4.14. The first kappa shape index (κ1) is 20.2. The lowest BCUT2D eigenvalue weighted by molar-refractivity contribution is -0.127. The molecule has 0 fully saturated rings. The number of alkyl halides is 3. The van der Waals surface area contributed by atoms with Gasteiger partial charge in [-0.1, -0.05) is 0 Å². The van der Waals surface area contributed by atoms with E-state index in [0.717, 1.165) is 10.9 Å². The van der Waals surface area contributed by atoms with Crippen molar-refractivity contribution in [1.82, 2.24) is 29.6 Å². The van der Waals surface area contributed by atoms with Crippen LogP contribution in [0.4, 0.5) is 18.0 Å². The van der Waals surface area contributed by atoms with Crippen LogP contribution in [-0.4, -0.2) is 41.9 Å². The second-order valence-corrected chi connectivity index (χ2v) is 6.40. The molecule has 0 atom stereocenters. The summed E-state index contributed by atoms with van der Waals surface area (Å²) in [7, 11) is 0. The Kier molecular flexibility index (Phi) is 5.19. The molecule has 1 amide bonds. The lowest BCUT2D eigenvalue weighted by Gasteiger charge is -2.10. The number of aromatic nitrogens is 6. The molecule has 4 aromatic rings. The lowest BCUT2D eigenvalue weighted by Crippen LogP contribution is -2.25. The van der Waals surface area contributed by atoms with Crippen molar-refractivity contribution in [2.45, 2.75) is 19.5 Å². The van der Waals surface area contributed by atoms with Gasteiger partial charge in [-0.3, -0.25) is 9.66 Å². The van der Waals surface area contributed by atoms with E-state index in [2.05, 4.69) is 30.3 Å². The summed E-state index contributed by atoms with van der Waals surface area (Å²) in [6.07, 6.45) is 0.378. The molecule has 0 spiro atoms. The smallest absolute Gasteiger partial charge is 0.406 e. The zero-order valence-electron chi connectivity index (χ0n) is 16.0. The van der Waals surface area contributed by atoms with Crippen LogP contribution in [0.5, 0.6) is 5.75 Å². The van der Waals surface area contributed by atoms with E-state index in [4.69, 9.17) is 4.74 Å². The molecule has 0 aromatic carbocycles. The molecule has 0 aliphatic heterocycles. The highest BCUT2D eigenvalue weighted by molar-refractivity contribution is 5.85. The summed E-state index contributed by atoms with van der Waals surface area (Å²) in [5, 5.41) is 0. The quantitative estimate of drug-likeness (QED) is 0.529. The van der Waals surface area contributed by atoms with Gasteiger partial charge in [0.1, 0.15) is 0 Å². The van der Waals surface area contributed by atoms with Crippen LogP contribution in [-0.2, 0) is 6.42 Å². The molecule has 4 rings (SSSR count). The molecule has 0 bridgehead atoms. The van der Waals surface area contributed by atoms with Crippen molar-refractivity contribution >= 4 is 17.1 Å². The molecule has 0 unspecified atom stereocenters. The largest absolute Gasteiger partial charge is 0.432 e. The number of nitrogens with one attached hydrogen (secondary N) is 1. The summed E-state index contributed by atoms with van der Waals surface area (Å²) < 4.78 is 44.9. The monoisotopic (exact) mass is 429 g/mol. The molecule has 0 radical (unpaired) electrons. The molecule has 0 aliphatic carbocycles. The Labute approximate surface area is 172 Å². The average Bonchev–Trinajstić information content (AvgIpc) is 3.06. The zero-order chi connectivity index (χ0) is 22.0. The molecule has 12 heteroatoms. The average molecular weight is 429 g/mol. The van der Waals surface area contributed by atoms with Crippen LogP contribution in [0.3, 0.4) is 0 Å². The summed E-state index contributed by atoms with van der Waals surface area (Å²) in [5.74, 6) is 0.637. The van der Waals surface area contributed by atoms with Gasteiger partial charge < -0.3 is 4.74 Å². The number of hydrogen-bond donors (Lipinski definition) is 1. The maximum absolute atomic E-state index is 12.9. The molecular weight excluding hydrogens is 415 g/mol. The predicted octanol–water partition coefficient (Wildman–Crippen LogP) is 3.44. The third-order valence-corrected chi connectivity index (χ3v) is 4.14. The van der Waals surface area contributed by atoms with E-state index >= 15 is 0 Å². The van der Waals surface area contributed by atoms with Gasteiger partial charge in [0.05, 0.1) is 29.3 Å². The Hall–Kier alpha value is -4.09. The summed E-state index contributed by atoms with van der Waals surface area (Å²) in [6, 6.07) is 4.73. The second-order valence-electron chi connectivity index (χ2n) is 6.40. The van der Waals surface area contributed by atoms with Crippen LogP contribution < -0.4 is 10.2 Å². The van der Waals surface area contributed by atoms with Crippen molar-refractivity contribution in [3.05, 3.63) is 60.4 Å². The van der Waals surface area contributed by atoms with Crippen LogP contribution in [0.1, 0.15) is 11.3 Å². The molecule has 0 aliphatic rings. The van der Waals surface area contributed by atoms with E-state index in [1.54, 1.807) is 31.5 Å². The first-order chi connectivity index (χ1) is 14.8. The highest BCUT2D eigenvalue weighted by Crippen LogP contribution is 2.27. The van der Waals surface area contributed by atoms with Crippen molar-refractivity contribution in [2.75, 3.05) is 5.43 Å². The van der Waals surface area contributed by atoms with E-state index in [1.807, 2.05) is 0 Å². The SMILES string of the molecule is Cc1nc(-c2ncccn2)ncc1OC(=O)Nn1cc(CC(F)(F)F)c2ncccc21. The number of pyridine rings is 1. The Morgan fingerprint density at radius 1 is 1.10 bits per heavy atom. The van der Waals surface area contributed by atoms with Crippen molar-refractivity contribution in [3.8, 4) is 17.4 Å². The summed E-state index contributed by atoms with van der Waals surface area (Å²) in [4.78, 5) is 32.7. The first-order valence-corrected chi connectivity index (χ1v) is 8.92. The third kappa shape index (κ3) is 4.57. The fourth-order valence-corrected chi connectivity index (χ4v) is 2.86. The first-order valence-electron chi connectivity index (χ1n) is 8.92. The number of hydrogen-bond acceptors (Lipinski definition) is 7. The molecule has 9 nitrogen and oxygen atoms in total. The summed E-state index contributed by atoms with van der Waals surface area (Å²) >= 11 is 0. The molecule has 0 saturated heterocycles. The lowest BCUT2D eigenvalue weighted by atomic mass is 10.2. The van der Waals surface area contributed by atoms with Gasteiger partial charge in [0.2, 0.25) is 0 Å². The number of carbonyl (C=O) groups excluding carboxylic acids is 1. The van der Waals surface area contributed by atoms with Crippen molar-refractivity contribution in [2.24, 2.45) is 0 Å². The highest BCUT2D eigenvalue weighted by Gasteiger charge is 2.30. The van der Waals surface area contributed by atoms with E-state index in [9.17, 15) is 18.0 Å². The Morgan fingerprint density at radius 3 is 2.55 bits per heavy atom. The molecule has 4 heterocycles. The standard InChI is InChI=1S/C19H14F3N7O2/c1-11-14(9-26-17(27-11)16-24-6-3-7-25-16)31-18(30)28-29-10-12(8-19(20,21)22)15-13(29)4-2-5-23-15/h2-7,9-10H,8H2,1H3,(H,28,30). The minimum absolute atomic E-state index is 0.0716. The number of halogens is 3. The Balaban J connectivity index is 1.54. The van der Waals surface area contributed by atoms with E-state index in [1.165, 1.54) is 18.5 Å². The summed E-state index contributed by atoms with van der Waals surface area (Å²) in [5.41, 5.74) is 3.08. The van der Waals surface area contributed by atoms with Gasteiger partial charge in [-0.05, 0) is 25.1 Å². The number of fused-ring (bicyclic) bond motifs is 1. The Morgan fingerprint density at radius 2 is 1.84 bits per heavy atom. The number of ether oxygens (including phenoxy) is 1. The molecule has 158 valence electrons. The Bertz CT molecular complexity index is 1240. The maximum atomic E-state index is 12.9. The van der Waals surface area contributed by atoms with Gasteiger partial charge in [-0.2, -0.15) is 13.2 Å². The van der Waals surface area contributed by atoms with Gasteiger partial charge >= 0.3 is 12.3 Å². The van der Waals surface area contributed by atoms with Gasteiger partial charge in [0, 0.05) is 30.4 Å². The van der Waals surface area contributed by atoms with Crippen LogP contribution >= 0.6 is 0 Å². The van der Waals surface area contributed by atoms with Gasteiger partial charge in [0.15, 0.2) is 17.4 Å². The number of aryl methyl sites for hydroxylation is 1. The second kappa shape index (κ2) is 7.97. The number of amides is 1. The highest BCUT2D eigenvalue weighted by atomic mass is 19.4. The summed E-state index contributed by atoms with van der Waals surface area (Å²) in [6.45, 7) is 1.60. The molecule has 4 aromatic heterocycles. The van der Waals surface area contributed by atoms with Gasteiger partial charge in [0.25, 0.3) is 0 Å². The van der Waals surface area contributed by atoms with E-state index in [-0.39, 0.29) is 22.7 Å². The van der Waals surface area contributed by atoms with Crippen LogP contribution in [0.25, 0.3) is 22.7 Å². The molecule has 0 saturated carbocycles. The fourth-order valence-electron chi connectivity index (χ4n) is 2.86. The maximum Gasteiger partial charge on any atom is 0.432 e. The topological polar surface area (TPSA) is 108 Å². The number of rotatable bonds is 4. The zero-order valence-corrected chi connectivity index (χ0v) is 16.0. The van der Waals surface area contributed by atoms with Gasteiger partial charge in [-0.25, -0.2) is 30.2 Å². The van der Waals surface area contributed by atoms with Crippen molar-refractivity contribution < 1.29 is 22.7 Å². The van der Waals surface area contributed by atoms with Crippen LogP contribution in [0.15, 0.2) is 49.2 Å². The van der Waals surface area contributed by atoms with Gasteiger partial charge in [-0.15, -0.1) is 0 Å². The van der Waals surface area contributed by atoms with E-state index < -0.39 is 18.7 Å². The van der Waals surface area contributed by atoms with Crippen molar-refractivity contribution in [3.63, 3.8) is 0 Å².